The van der Waals surface area contributed by atoms with Crippen LogP contribution in [0.5, 0.6) is 0 Å². The summed E-state index contributed by atoms with van der Waals surface area (Å²) in [7, 11) is 0. The van der Waals surface area contributed by atoms with Gasteiger partial charge in [-0.05, 0) is 55.6 Å². The number of carbonyl (C=O) groups is 2. The third-order valence-electron chi connectivity index (χ3n) is 6.02. The molecule has 4 nitrogen and oxygen atoms in total. The number of nitrogens with one attached hydrogen (secondary N) is 1. The Morgan fingerprint density at radius 2 is 2.00 bits per heavy atom. The maximum atomic E-state index is 12.9. The minimum absolute atomic E-state index is 0.0139. The molecule has 1 heterocycles. The Labute approximate surface area is 170 Å². The molecular formula is C23H27NO3S. The summed E-state index contributed by atoms with van der Waals surface area (Å²) in [5, 5.41) is 3.76. The van der Waals surface area contributed by atoms with Crippen molar-refractivity contribution in [2.45, 2.75) is 51.9 Å². The van der Waals surface area contributed by atoms with Crippen LogP contribution in [0.25, 0.3) is 0 Å². The third kappa shape index (κ3) is 3.72. The molecular weight excluding hydrogens is 370 g/mol. The van der Waals surface area contributed by atoms with Crippen molar-refractivity contribution in [1.82, 2.24) is 0 Å². The van der Waals surface area contributed by atoms with Gasteiger partial charge in [0.2, 0.25) is 5.91 Å². The standard InChI is InChI=1S/C23H27NO3S/c1-3-14-10-11-16-19(12-14)28-22(20(16)23(26)27-4-2)24-21(25)18-13-17(18)15-8-6-5-7-9-15/h5-9,14,17-18H,3-4,10-13H2,1-2H3,(H,24,25). The van der Waals surface area contributed by atoms with Crippen LogP contribution in [-0.2, 0) is 22.4 Å². The molecule has 1 fully saturated rings. The maximum Gasteiger partial charge on any atom is 0.341 e. The second kappa shape index (κ2) is 8.08. The molecule has 1 saturated carbocycles. The first-order valence-corrected chi connectivity index (χ1v) is 11.1. The summed E-state index contributed by atoms with van der Waals surface area (Å²) < 4.78 is 5.31. The van der Waals surface area contributed by atoms with E-state index in [2.05, 4.69) is 24.4 Å². The van der Waals surface area contributed by atoms with Gasteiger partial charge in [-0.25, -0.2) is 4.79 Å². The van der Waals surface area contributed by atoms with Crippen LogP contribution in [0.1, 0.15) is 65.4 Å². The summed E-state index contributed by atoms with van der Waals surface area (Å²) in [6.07, 6.45) is 5.00. The molecule has 2 aliphatic rings. The summed E-state index contributed by atoms with van der Waals surface area (Å²) in [6, 6.07) is 10.2. The van der Waals surface area contributed by atoms with Crippen molar-refractivity contribution in [3.8, 4) is 0 Å². The fourth-order valence-electron chi connectivity index (χ4n) is 4.27. The molecule has 0 radical (unpaired) electrons. The Bertz CT molecular complexity index is 873. The Hall–Kier alpha value is -2.14. The Balaban J connectivity index is 1.55. The van der Waals surface area contributed by atoms with Crippen LogP contribution in [0.2, 0.25) is 0 Å². The van der Waals surface area contributed by atoms with E-state index in [0.29, 0.717) is 23.1 Å². The number of esters is 1. The van der Waals surface area contributed by atoms with E-state index >= 15 is 0 Å². The van der Waals surface area contributed by atoms with Crippen molar-refractivity contribution in [3.63, 3.8) is 0 Å². The van der Waals surface area contributed by atoms with Crippen molar-refractivity contribution >= 4 is 28.2 Å². The van der Waals surface area contributed by atoms with Crippen molar-refractivity contribution in [2.24, 2.45) is 11.8 Å². The largest absolute Gasteiger partial charge is 0.462 e. The lowest BCUT2D eigenvalue weighted by Gasteiger charge is -2.20. The van der Waals surface area contributed by atoms with Gasteiger partial charge in [0.05, 0.1) is 12.2 Å². The monoisotopic (exact) mass is 397 g/mol. The van der Waals surface area contributed by atoms with Crippen LogP contribution in [0.15, 0.2) is 30.3 Å². The molecule has 0 spiro atoms. The predicted molar refractivity (Wildman–Crippen MR) is 112 cm³/mol. The molecule has 1 amide bonds. The molecule has 0 aliphatic heterocycles. The van der Waals surface area contributed by atoms with E-state index in [1.807, 2.05) is 25.1 Å². The minimum Gasteiger partial charge on any atom is -0.462 e. The van der Waals surface area contributed by atoms with E-state index in [9.17, 15) is 9.59 Å². The third-order valence-corrected chi connectivity index (χ3v) is 7.19. The Morgan fingerprint density at radius 3 is 2.71 bits per heavy atom. The van der Waals surface area contributed by atoms with Crippen LogP contribution in [0, 0.1) is 11.8 Å². The number of fused-ring (bicyclic) bond motifs is 1. The number of benzene rings is 1. The molecule has 4 rings (SSSR count). The number of anilines is 1. The molecule has 2 aliphatic carbocycles. The smallest absolute Gasteiger partial charge is 0.341 e. The normalized spacial score (nSPS) is 23.0. The first kappa shape index (κ1) is 19.2. The van der Waals surface area contributed by atoms with Gasteiger partial charge in [0.15, 0.2) is 0 Å². The van der Waals surface area contributed by atoms with Crippen LogP contribution < -0.4 is 5.32 Å². The zero-order valence-electron chi connectivity index (χ0n) is 16.5. The highest BCUT2D eigenvalue weighted by Crippen LogP contribution is 2.49. The highest BCUT2D eigenvalue weighted by Gasteiger charge is 2.44. The zero-order chi connectivity index (χ0) is 19.7. The highest BCUT2D eigenvalue weighted by atomic mass is 32.1. The van der Waals surface area contributed by atoms with Crippen molar-refractivity contribution in [1.29, 1.82) is 0 Å². The SMILES string of the molecule is CCOC(=O)c1c(NC(=O)C2CC2c2ccccc2)sc2c1CCC(CC)C2. The van der Waals surface area contributed by atoms with E-state index in [-0.39, 0.29) is 23.7 Å². The van der Waals surface area contributed by atoms with Crippen LogP contribution >= 0.6 is 11.3 Å². The van der Waals surface area contributed by atoms with Crippen LogP contribution in [-0.4, -0.2) is 18.5 Å². The average molecular weight is 398 g/mol. The molecule has 0 saturated heterocycles. The van der Waals surface area contributed by atoms with Gasteiger partial charge in [0, 0.05) is 10.8 Å². The first-order chi connectivity index (χ1) is 13.6. The molecule has 5 heteroatoms. The van der Waals surface area contributed by atoms with Gasteiger partial charge in [0.25, 0.3) is 0 Å². The lowest BCUT2D eigenvalue weighted by molar-refractivity contribution is -0.117. The molecule has 148 valence electrons. The fourth-order valence-corrected chi connectivity index (χ4v) is 5.62. The van der Waals surface area contributed by atoms with E-state index in [1.165, 1.54) is 10.4 Å². The summed E-state index contributed by atoms with van der Waals surface area (Å²) in [5.74, 6) is 0.646. The number of carbonyl (C=O) groups excluding carboxylic acids is 2. The van der Waals surface area contributed by atoms with Gasteiger partial charge >= 0.3 is 5.97 Å². The second-order valence-corrected chi connectivity index (χ2v) is 8.90. The predicted octanol–water partition coefficient (Wildman–Crippen LogP) is 5.18. The zero-order valence-corrected chi connectivity index (χ0v) is 17.3. The summed E-state index contributed by atoms with van der Waals surface area (Å²) in [4.78, 5) is 26.7. The van der Waals surface area contributed by atoms with Gasteiger partial charge in [-0.3, -0.25) is 4.79 Å². The Morgan fingerprint density at radius 1 is 1.21 bits per heavy atom. The topological polar surface area (TPSA) is 55.4 Å². The van der Waals surface area contributed by atoms with Crippen LogP contribution in [0.4, 0.5) is 5.00 Å². The number of amides is 1. The van der Waals surface area contributed by atoms with E-state index in [0.717, 1.165) is 37.7 Å². The number of hydrogen-bond acceptors (Lipinski definition) is 4. The quantitative estimate of drug-likeness (QED) is 0.683. The summed E-state index contributed by atoms with van der Waals surface area (Å²) >= 11 is 1.57. The number of hydrogen-bond donors (Lipinski definition) is 1. The fraction of sp³-hybridized carbons (Fsp3) is 0.478. The molecule has 28 heavy (non-hydrogen) atoms. The number of rotatable bonds is 6. The van der Waals surface area contributed by atoms with E-state index < -0.39 is 0 Å². The Kier molecular flexibility index (Phi) is 5.54. The van der Waals surface area contributed by atoms with Crippen molar-refractivity contribution < 1.29 is 14.3 Å². The van der Waals surface area contributed by atoms with E-state index in [1.54, 1.807) is 11.3 Å². The van der Waals surface area contributed by atoms with Crippen LogP contribution in [0.3, 0.4) is 0 Å². The van der Waals surface area contributed by atoms with Crippen molar-refractivity contribution in [3.05, 3.63) is 51.9 Å². The minimum atomic E-state index is -0.305. The molecule has 0 bridgehead atoms. The number of ether oxygens (including phenoxy) is 1. The second-order valence-electron chi connectivity index (χ2n) is 7.79. The van der Waals surface area contributed by atoms with Gasteiger partial charge in [-0.15, -0.1) is 11.3 Å². The molecule has 2 aromatic rings. The maximum absolute atomic E-state index is 12.9. The van der Waals surface area contributed by atoms with E-state index in [4.69, 9.17) is 4.74 Å². The highest BCUT2D eigenvalue weighted by molar-refractivity contribution is 7.17. The van der Waals surface area contributed by atoms with Gasteiger partial charge < -0.3 is 10.1 Å². The van der Waals surface area contributed by atoms with Gasteiger partial charge in [-0.2, -0.15) is 0 Å². The molecule has 3 unspecified atom stereocenters. The summed E-state index contributed by atoms with van der Waals surface area (Å²) in [6.45, 7) is 4.37. The molecule has 3 atom stereocenters. The lowest BCUT2D eigenvalue weighted by Crippen LogP contribution is -2.18. The first-order valence-electron chi connectivity index (χ1n) is 10.3. The van der Waals surface area contributed by atoms with Gasteiger partial charge in [-0.1, -0.05) is 43.7 Å². The summed E-state index contributed by atoms with van der Waals surface area (Å²) in [5.41, 5.74) is 2.91. The molecule has 1 N–H and O–H groups in total. The molecule has 1 aromatic carbocycles. The van der Waals surface area contributed by atoms with Gasteiger partial charge in [0.1, 0.15) is 5.00 Å². The average Bonchev–Trinajstić information content (AvgIpc) is 3.44. The number of thiophene rings is 1. The lowest BCUT2D eigenvalue weighted by atomic mass is 9.85. The van der Waals surface area contributed by atoms with Crippen molar-refractivity contribution in [2.75, 3.05) is 11.9 Å². The molecule has 1 aromatic heterocycles.